The Bertz CT molecular complexity index is 956. The van der Waals surface area contributed by atoms with E-state index in [2.05, 4.69) is 20.3 Å². The predicted octanol–water partition coefficient (Wildman–Crippen LogP) is 2.25. The maximum Gasteiger partial charge on any atom is 0.240 e. The Labute approximate surface area is 172 Å². The summed E-state index contributed by atoms with van der Waals surface area (Å²) in [4.78, 5) is 4.48. The van der Waals surface area contributed by atoms with Crippen molar-refractivity contribution >= 4 is 16.0 Å². The average molecular weight is 417 g/mol. The third kappa shape index (κ3) is 6.20. The smallest absolute Gasteiger partial charge is 0.240 e. The molecule has 3 rings (SSSR count). The highest BCUT2D eigenvalue weighted by atomic mass is 32.2. The first-order chi connectivity index (χ1) is 14.0. The molecule has 0 aliphatic heterocycles. The van der Waals surface area contributed by atoms with Gasteiger partial charge in [-0.3, -0.25) is 4.99 Å². The number of rotatable bonds is 9. The van der Waals surface area contributed by atoms with Crippen LogP contribution >= 0.6 is 0 Å². The van der Waals surface area contributed by atoms with Gasteiger partial charge in [0.25, 0.3) is 0 Å². The second kappa shape index (κ2) is 9.76. The van der Waals surface area contributed by atoms with Crippen LogP contribution in [0.4, 0.5) is 0 Å². The van der Waals surface area contributed by atoms with Crippen LogP contribution < -0.4 is 20.1 Å². The van der Waals surface area contributed by atoms with E-state index in [0.29, 0.717) is 25.0 Å². The standard InChI is InChI=1S/C21H28N4O3S/c1-22-21(24-13-17-6-5-8-19(12-17)29(26,27)23-2)25-14-18-7-3-4-9-20(18)28-15-16-10-11-16/h3-9,12,16,23H,10-11,13-15H2,1-2H3,(H2,22,24,25). The van der Waals surface area contributed by atoms with Gasteiger partial charge in [-0.25, -0.2) is 13.1 Å². The van der Waals surface area contributed by atoms with E-state index in [1.165, 1.54) is 19.9 Å². The molecule has 3 N–H and O–H groups in total. The number of aliphatic imine (C=N–C) groups is 1. The second-order valence-electron chi connectivity index (χ2n) is 7.00. The Hall–Kier alpha value is -2.58. The van der Waals surface area contributed by atoms with Gasteiger partial charge in [0.2, 0.25) is 10.0 Å². The number of guanidine groups is 1. The van der Waals surface area contributed by atoms with Gasteiger partial charge >= 0.3 is 0 Å². The summed E-state index contributed by atoms with van der Waals surface area (Å²) >= 11 is 0. The Balaban J connectivity index is 1.56. The molecule has 1 fully saturated rings. The van der Waals surface area contributed by atoms with Crippen molar-refractivity contribution in [2.24, 2.45) is 10.9 Å². The van der Waals surface area contributed by atoms with E-state index in [1.54, 1.807) is 25.2 Å². The highest BCUT2D eigenvalue weighted by Crippen LogP contribution is 2.30. The molecule has 29 heavy (non-hydrogen) atoms. The number of nitrogens with one attached hydrogen (secondary N) is 3. The normalized spacial score (nSPS) is 14.5. The fraction of sp³-hybridized carbons (Fsp3) is 0.381. The molecule has 0 aromatic heterocycles. The number of benzene rings is 2. The van der Waals surface area contributed by atoms with Gasteiger partial charge in [-0.2, -0.15) is 0 Å². The van der Waals surface area contributed by atoms with E-state index < -0.39 is 10.0 Å². The van der Waals surface area contributed by atoms with Gasteiger partial charge in [0.1, 0.15) is 5.75 Å². The summed E-state index contributed by atoms with van der Waals surface area (Å²) < 4.78 is 32.2. The summed E-state index contributed by atoms with van der Waals surface area (Å²) in [5.41, 5.74) is 1.91. The van der Waals surface area contributed by atoms with Crippen molar-refractivity contribution in [2.75, 3.05) is 20.7 Å². The van der Waals surface area contributed by atoms with Gasteiger partial charge < -0.3 is 15.4 Å². The first-order valence-electron chi connectivity index (χ1n) is 9.69. The highest BCUT2D eigenvalue weighted by molar-refractivity contribution is 7.89. The molecule has 0 atom stereocenters. The molecular formula is C21H28N4O3S. The minimum Gasteiger partial charge on any atom is -0.493 e. The zero-order valence-corrected chi connectivity index (χ0v) is 17.6. The molecule has 0 saturated heterocycles. The number of hydrogen-bond donors (Lipinski definition) is 3. The van der Waals surface area contributed by atoms with E-state index >= 15 is 0 Å². The SMILES string of the molecule is CN=C(NCc1cccc(S(=O)(=O)NC)c1)NCc1ccccc1OCC1CC1. The number of sulfonamides is 1. The lowest BCUT2D eigenvalue weighted by molar-refractivity contribution is 0.296. The monoisotopic (exact) mass is 416 g/mol. The number of para-hydroxylation sites is 1. The fourth-order valence-electron chi connectivity index (χ4n) is 2.81. The quantitative estimate of drug-likeness (QED) is 0.431. The van der Waals surface area contributed by atoms with Crippen molar-refractivity contribution < 1.29 is 13.2 Å². The molecule has 1 aliphatic carbocycles. The largest absolute Gasteiger partial charge is 0.493 e. The van der Waals surface area contributed by atoms with E-state index in [1.807, 2.05) is 30.3 Å². The Morgan fingerprint density at radius 2 is 1.86 bits per heavy atom. The maximum absolute atomic E-state index is 12.0. The molecule has 0 spiro atoms. The molecule has 1 aliphatic rings. The van der Waals surface area contributed by atoms with Gasteiger partial charge in [-0.15, -0.1) is 0 Å². The van der Waals surface area contributed by atoms with Crippen LogP contribution in [0.15, 0.2) is 58.4 Å². The Morgan fingerprint density at radius 1 is 1.10 bits per heavy atom. The van der Waals surface area contributed by atoms with E-state index in [9.17, 15) is 8.42 Å². The average Bonchev–Trinajstić information content (AvgIpc) is 3.58. The van der Waals surface area contributed by atoms with Gasteiger partial charge in [0.05, 0.1) is 11.5 Å². The molecular weight excluding hydrogens is 388 g/mol. The first-order valence-corrected chi connectivity index (χ1v) is 11.2. The minimum absolute atomic E-state index is 0.240. The van der Waals surface area contributed by atoms with Crippen LogP contribution in [-0.2, 0) is 23.1 Å². The molecule has 0 amide bonds. The summed E-state index contributed by atoms with van der Waals surface area (Å²) in [5, 5.41) is 6.50. The lowest BCUT2D eigenvalue weighted by Gasteiger charge is -2.15. The summed E-state index contributed by atoms with van der Waals surface area (Å²) in [6.45, 7) is 1.80. The predicted molar refractivity (Wildman–Crippen MR) is 114 cm³/mol. The van der Waals surface area contributed by atoms with Gasteiger partial charge in [-0.05, 0) is 49.6 Å². The van der Waals surface area contributed by atoms with Gasteiger partial charge in [0.15, 0.2) is 5.96 Å². The molecule has 0 bridgehead atoms. The highest BCUT2D eigenvalue weighted by Gasteiger charge is 2.22. The van der Waals surface area contributed by atoms with Crippen LogP contribution in [0.2, 0.25) is 0 Å². The van der Waals surface area contributed by atoms with E-state index in [0.717, 1.165) is 23.5 Å². The first kappa shape index (κ1) is 21.1. The molecule has 2 aromatic carbocycles. The van der Waals surface area contributed by atoms with Crippen molar-refractivity contribution in [1.29, 1.82) is 0 Å². The van der Waals surface area contributed by atoms with Gasteiger partial charge in [-0.1, -0.05) is 30.3 Å². The van der Waals surface area contributed by atoms with Crippen LogP contribution in [-0.4, -0.2) is 35.1 Å². The Kier molecular flexibility index (Phi) is 7.11. The second-order valence-corrected chi connectivity index (χ2v) is 8.88. The van der Waals surface area contributed by atoms with Crippen LogP contribution in [0.25, 0.3) is 0 Å². The minimum atomic E-state index is -3.46. The van der Waals surface area contributed by atoms with Gasteiger partial charge in [0, 0.05) is 25.7 Å². The lowest BCUT2D eigenvalue weighted by atomic mass is 10.2. The van der Waals surface area contributed by atoms with Crippen molar-refractivity contribution in [3.05, 3.63) is 59.7 Å². The number of nitrogens with zero attached hydrogens (tertiary/aromatic N) is 1. The zero-order valence-electron chi connectivity index (χ0n) is 16.8. The third-order valence-electron chi connectivity index (χ3n) is 4.75. The molecule has 0 heterocycles. The lowest BCUT2D eigenvalue weighted by Crippen LogP contribution is -2.36. The molecule has 7 nitrogen and oxygen atoms in total. The summed E-state index contributed by atoms with van der Waals surface area (Å²) in [7, 11) is -0.359. The zero-order chi connectivity index (χ0) is 20.7. The molecule has 1 saturated carbocycles. The van der Waals surface area contributed by atoms with Crippen molar-refractivity contribution in [3.63, 3.8) is 0 Å². The molecule has 8 heteroatoms. The van der Waals surface area contributed by atoms with E-state index in [-0.39, 0.29) is 4.90 Å². The third-order valence-corrected chi connectivity index (χ3v) is 6.16. The fourth-order valence-corrected chi connectivity index (χ4v) is 3.61. The number of ether oxygens (including phenoxy) is 1. The summed E-state index contributed by atoms with van der Waals surface area (Å²) in [5.74, 6) is 2.23. The molecule has 0 radical (unpaired) electrons. The topological polar surface area (TPSA) is 91.8 Å². The molecule has 2 aromatic rings. The van der Waals surface area contributed by atoms with Crippen LogP contribution in [0.5, 0.6) is 5.75 Å². The van der Waals surface area contributed by atoms with Crippen molar-refractivity contribution in [2.45, 2.75) is 30.8 Å². The maximum atomic E-state index is 12.0. The molecule has 156 valence electrons. The van der Waals surface area contributed by atoms with Crippen molar-refractivity contribution in [3.8, 4) is 5.75 Å². The van der Waals surface area contributed by atoms with Crippen LogP contribution in [0.1, 0.15) is 24.0 Å². The Morgan fingerprint density at radius 3 is 2.59 bits per heavy atom. The summed E-state index contributed by atoms with van der Waals surface area (Å²) in [6, 6.07) is 14.8. The molecule has 0 unspecified atom stereocenters. The number of hydrogen-bond acceptors (Lipinski definition) is 4. The van der Waals surface area contributed by atoms with Crippen LogP contribution in [0.3, 0.4) is 0 Å². The van der Waals surface area contributed by atoms with E-state index in [4.69, 9.17) is 4.74 Å². The van der Waals surface area contributed by atoms with Crippen LogP contribution in [0, 0.1) is 5.92 Å². The van der Waals surface area contributed by atoms with Crippen molar-refractivity contribution in [1.82, 2.24) is 15.4 Å². The summed E-state index contributed by atoms with van der Waals surface area (Å²) in [6.07, 6.45) is 2.52.